The van der Waals surface area contributed by atoms with Crippen LogP contribution in [-0.4, -0.2) is 11.1 Å². The Bertz CT molecular complexity index is 419. The highest BCUT2D eigenvalue weighted by molar-refractivity contribution is 5.66. The van der Waals surface area contributed by atoms with Gasteiger partial charge in [-0.15, -0.1) is 0 Å². The van der Waals surface area contributed by atoms with Crippen LogP contribution in [0.25, 0.3) is 0 Å². The summed E-state index contributed by atoms with van der Waals surface area (Å²) in [5.74, 6) is -0.684. The van der Waals surface area contributed by atoms with E-state index in [9.17, 15) is 4.79 Å². The second-order valence-corrected chi connectivity index (χ2v) is 5.53. The zero-order chi connectivity index (χ0) is 16.5. The van der Waals surface area contributed by atoms with Crippen molar-refractivity contribution in [3.63, 3.8) is 0 Å². The maximum atomic E-state index is 10.3. The van der Waals surface area contributed by atoms with Gasteiger partial charge in [-0.05, 0) is 33.1 Å². The Morgan fingerprint density at radius 3 is 1.95 bits per heavy atom. The molecule has 0 aromatic carbocycles. The Labute approximate surface area is 135 Å². The van der Waals surface area contributed by atoms with E-state index >= 15 is 0 Å². The van der Waals surface area contributed by atoms with Gasteiger partial charge in [-0.3, -0.25) is 4.79 Å². The normalized spacial score (nSPS) is 12.1. The lowest BCUT2D eigenvalue weighted by atomic mass is 10.1. The van der Waals surface area contributed by atoms with E-state index < -0.39 is 5.97 Å². The van der Waals surface area contributed by atoms with Crippen LogP contribution in [0, 0.1) is 0 Å². The van der Waals surface area contributed by atoms with E-state index in [1.807, 2.05) is 36.5 Å². The molecule has 0 aliphatic heterocycles. The molecule has 0 aliphatic rings. The van der Waals surface area contributed by atoms with Gasteiger partial charge in [0.2, 0.25) is 0 Å². The average molecular weight is 302 g/mol. The largest absolute Gasteiger partial charge is 0.481 e. The number of allylic oxidation sites excluding steroid dienone is 10. The van der Waals surface area contributed by atoms with Gasteiger partial charge in [0, 0.05) is 6.42 Å². The summed E-state index contributed by atoms with van der Waals surface area (Å²) in [5.41, 5.74) is 1.30. The van der Waals surface area contributed by atoms with Crippen molar-refractivity contribution in [2.45, 2.75) is 58.8 Å². The molecule has 0 radical (unpaired) electrons. The number of carboxylic acids is 1. The first-order valence-corrected chi connectivity index (χ1v) is 8.14. The lowest BCUT2D eigenvalue weighted by Crippen LogP contribution is -1.93. The van der Waals surface area contributed by atoms with Crippen molar-refractivity contribution >= 4 is 5.97 Å². The molecule has 2 heteroatoms. The van der Waals surface area contributed by atoms with Gasteiger partial charge >= 0.3 is 5.97 Å². The van der Waals surface area contributed by atoms with E-state index in [4.69, 9.17) is 5.11 Å². The highest BCUT2D eigenvalue weighted by Crippen LogP contribution is 2.07. The molecule has 0 saturated carbocycles. The fourth-order valence-electron chi connectivity index (χ4n) is 1.81. The molecule has 0 aromatic rings. The molecule has 0 atom stereocenters. The van der Waals surface area contributed by atoms with Crippen molar-refractivity contribution in [3.05, 3.63) is 60.3 Å². The third-order valence-corrected chi connectivity index (χ3v) is 2.99. The highest BCUT2D eigenvalue weighted by Gasteiger charge is 1.95. The molecule has 0 saturated heterocycles. The van der Waals surface area contributed by atoms with E-state index in [0.29, 0.717) is 6.42 Å². The molecule has 0 amide bonds. The van der Waals surface area contributed by atoms with Gasteiger partial charge in [0.15, 0.2) is 0 Å². The lowest BCUT2D eigenvalue weighted by Gasteiger charge is -1.97. The van der Waals surface area contributed by atoms with Crippen LogP contribution in [0.3, 0.4) is 0 Å². The van der Waals surface area contributed by atoms with Crippen LogP contribution >= 0.6 is 0 Å². The van der Waals surface area contributed by atoms with E-state index in [0.717, 1.165) is 25.7 Å². The number of rotatable bonds is 12. The molecule has 0 rings (SSSR count). The smallest absolute Gasteiger partial charge is 0.303 e. The molecule has 0 spiro atoms. The minimum absolute atomic E-state index is 0.307. The van der Waals surface area contributed by atoms with Crippen molar-refractivity contribution < 1.29 is 9.90 Å². The zero-order valence-electron chi connectivity index (χ0n) is 14.0. The first-order chi connectivity index (χ1) is 10.6. The van der Waals surface area contributed by atoms with Crippen molar-refractivity contribution in [1.82, 2.24) is 0 Å². The molecule has 0 bridgehead atoms. The van der Waals surface area contributed by atoms with Gasteiger partial charge in [-0.25, -0.2) is 0 Å². The maximum absolute atomic E-state index is 10.3. The van der Waals surface area contributed by atoms with Gasteiger partial charge in [0.25, 0.3) is 0 Å². The number of aliphatic carboxylic acids is 1. The Balaban J connectivity index is 3.48. The third kappa shape index (κ3) is 18.2. The predicted octanol–water partition coefficient (Wildman–Crippen LogP) is 5.99. The van der Waals surface area contributed by atoms with Crippen LogP contribution in [0.2, 0.25) is 0 Å². The Morgan fingerprint density at radius 2 is 1.32 bits per heavy atom. The summed E-state index contributed by atoms with van der Waals surface area (Å²) in [6, 6.07) is 0. The van der Waals surface area contributed by atoms with Gasteiger partial charge in [-0.2, -0.15) is 0 Å². The standard InChI is InChI=1S/C20H30O2/c1-19(2)17-15-13-11-9-7-5-3-4-6-8-10-12-14-16-18-20(21)22/h3-5,7,9,11,13,15,17H,6,8,10,12,14,16,18H2,1-2H3,(H,21,22). The van der Waals surface area contributed by atoms with Gasteiger partial charge in [0.05, 0.1) is 0 Å². The van der Waals surface area contributed by atoms with Gasteiger partial charge < -0.3 is 5.11 Å². The fourth-order valence-corrected chi connectivity index (χ4v) is 1.81. The molecule has 0 aromatic heterocycles. The first-order valence-electron chi connectivity index (χ1n) is 8.14. The fraction of sp³-hybridized carbons (Fsp3) is 0.450. The molecule has 22 heavy (non-hydrogen) atoms. The molecular weight excluding hydrogens is 272 g/mol. The van der Waals surface area contributed by atoms with Crippen LogP contribution in [0.1, 0.15) is 58.8 Å². The Kier molecular flexibility index (Phi) is 14.3. The number of unbranched alkanes of at least 4 members (excludes halogenated alkanes) is 5. The molecule has 0 fully saturated rings. The van der Waals surface area contributed by atoms with Gasteiger partial charge in [-0.1, -0.05) is 79.5 Å². The van der Waals surface area contributed by atoms with E-state index in [2.05, 4.69) is 32.1 Å². The topological polar surface area (TPSA) is 37.3 Å². The number of carboxylic acid groups (broad SMARTS) is 1. The second kappa shape index (κ2) is 15.6. The van der Waals surface area contributed by atoms with Crippen LogP contribution in [0.4, 0.5) is 0 Å². The van der Waals surface area contributed by atoms with Crippen LogP contribution in [0.5, 0.6) is 0 Å². The second-order valence-electron chi connectivity index (χ2n) is 5.53. The summed E-state index contributed by atoms with van der Waals surface area (Å²) in [7, 11) is 0. The van der Waals surface area contributed by atoms with Crippen molar-refractivity contribution in [3.8, 4) is 0 Å². The van der Waals surface area contributed by atoms with E-state index in [1.54, 1.807) is 0 Å². The molecular formula is C20H30O2. The Hall–Kier alpha value is -1.83. The monoisotopic (exact) mass is 302 g/mol. The summed E-state index contributed by atoms with van der Waals surface area (Å²) in [6.45, 7) is 4.16. The molecule has 0 unspecified atom stereocenters. The quantitative estimate of drug-likeness (QED) is 0.355. The lowest BCUT2D eigenvalue weighted by molar-refractivity contribution is -0.137. The molecule has 0 heterocycles. The summed E-state index contributed by atoms with van der Waals surface area (Å²) < 4.78 is 0. The third-order valence-electron chi connectivity index (χ3n) is 2.99. The van der Waals surface area contributed by atoms with Crippen LogP contribution < -0.4 is 0 Å². The SMILES string of the molecule is CC(C)=CC=CC=CC=CC=CCCCCCCCC(=O)O. The number of hydrogen-bond donors (Lipinski definition) is 1. The average Bonchev–Trinajstić information content (AvgIpc) is 2.46. The summed E-state index contributed by atoms with van der Waals surface area (Å²) in [4.78, 5) is 10.3. The summed E-state index contributed by atoms with van der Waals surface area (Å²) in [5, 5.41) is 8.51. The number of hydrogen-bond acceptors (Lipinski definition) is 1. The van der Waals surface area contributed by atoms with Crippen LogP contribution in [-0.2, 0) is 4.79 Å². The molecule has 122 valence electrons. The maximum Gasteiger partial charge on any atom is 0.303 e. The molecule has 1 N–H and O–H groups in total. The molecule has 0 aliphatic carbocycles. The van der Waals surface area contributed by atoms with E-state index in [1.165, 1.54) is 18.4 Å². The van der Waals surface area contributed by atoms with E-state index in [-0.39, 0.29) is 0 Å². The molecule has 2 nitrogen and oxygen atoms in total. The predicted molar refractivity (Wildman–Crippen MR) is 95.9 cm³/mol. The van der Waals surface area contributed by atoms with Gasteiger partial charge in [0.1, 0.15) is 0 Å². The zero-order valence-corrected chi connectivity index (χ0v) is 14.0. The van der Waals surface area contributed by atoms with Crippen LogP contribution in [0.15, 0.2) is 60.3 Å². The minimum atomic E-state index is -0.684. The Morgan fingerprint density at radius 1 is 0.773 bits per heavy atom. The number of carbonyl (C=O) groups is 1. The van der Waals surface area contributed by atoms with Crippen molar-refractivity contribution in [1.29, 1.82) is 0 Å². The van der Waals surface area contributed by atoms with Crippen molar-refractivity contribution in [2.75, 3.05) is 0 Å². The highest BCUT2D eigenvalue weighted by atomic mass is 16.4. The summed E-state index contributed by atoms with van der Waals surface area (Å²) >= 11 is 0. The summed E-state index contributed by atoms with van der Waals surface area (Å²) in [6.07, 6.45) is 25.2. The minimum Gasteiger partial charge on any atom is -0.481 e. The first kappa shape index (κ1) is 20.2. The van der Waals surface area contributed by atoms with Crippen molar-refractivity contribution in [2.24, 2.45) is 0 Å².